The lowest BCUT2D eigenvalue weighted by Crippen LogP contribution is -2.31. The van der Waals surface area contributed by atoms with Crippen molar-refractivity contribution in [1.29, 1.82) is 0 Å². The maximum absolute atomic E-state index is 4.71. The third-order valence-corrected chi connectivity index (χ3v) is 16.6. The molecule has 12 aromatic rings. The molecule has 0 amide bonds. The average Bonchev–Trinajstić information content (AvgIpc) is 2.27. The molecule has 0 saturated heterocycles. The zero-order valence-corrected chi connectivity index (χ0v) is 55.5. The summed E-state index contributed by atoms with van der Waals surface area (Å²) in [6, 6.07) is 79.8. The SMILES string of the molecule is Cc1ccc(-c2cc[n+](C)c(-c3ccccc3C)c2)cc1.Cc1ccccc1-c1cc(-c2ccc(C(C)C)cc2)cc[n+]1C.Cc1ccccc1-c1cc(-c2ccccc2)cc[n+]1C.Cc1ccccc1-c1ccc(-c2nc(C(C)C)nc(C(C)C)n2)c[n+]1C. The van der Waals surface area contributed by atoms with E-state index >= 15 is 0 Å². The quantitative estimate of drug-likeness (QED) is 0.121. The Hall–Kier alpha value is -9.85. The molecule has 0 radical (unpaired) electrons. The Morgan fingerprint density at radius 3 is 0.967 bits per heavy atom. The van der Waals surface area contributed by atoms with Crippen LogP contribution in [0.4, 0.5) is 0 Å². The Morgan fingerprint density at radius 1 is 0.278 bits per heavy atom. The maximum atomic E-state index is 4.71. The summed E-state index contributed by atoms with van der Waals surface area (Å²) in [7, 11) is 8.36. The predicted molar refractivity (Wildman–Crippen MR) is 373 cm³/mol. The van der Waals surface area contributed by atoms with Crippen LogP contribution in [0.1, 0.15) is 104 Å². The minimum Gasteiger partial charge on any atom is -0.217 e. The molecule has 7 heteroatoms. The third-order valence-electron chi connectivity index (χ3n) is 16.6. The minimum absolute atomic E-state index is 0.272. The molecule has 7 nitrogen and oxygen atoms in total. The second kappa shape index (κ2) is 29.9. The molecule has 90 heavy (non-hydrogen) atoms. The fourth-order valence-corrected chi connectivity index (χ4v) is 11.0. The summed E-state index contributed by atoms with van der Waals surface area (Å²) in [5.41, 5.74) is 26.4. The van der Waals surface area contributed by atoms with Crippen molar-refractivity contribution in [2.75, 3.05) is 0 Å². The molecule has 0 N–H and O–H groups in total. The first-order valence-corrected chi connectivity index (χ1v) is 31.5. The molecule has 7 aromatic carbocycles. The van der Waals surface area contributed by atoms with Gasteiger partial charge in [0.1, 0.15) is 39.8 Å². The lowest BCUT2D eigenvalue weighted by molar-refractivity contribution is -0.660. The van der Waals surface area contributed by atoms with E-state index in [2.05, 4.69) is 377 Å². The van der Waals surface area contributed by atoms with E-state index in [0.717, 1.165) is 23.0 Å². The molecule has 0 fully saturated rings. The highest BCUT2D eigenvalue weighted by atomic mass is 15.0. The van der Waals surface area contributed by atoms with Gasteiger partial charge in [-0.3, -0.25) is 0 Å². The van der Waals surface area contributed by atoms with E-state index in [4.69, 9.17) is 9.97 Å². The average molecular weight is 1180 g/mol. The number of hydrogen-bond acceptors (Lipinski definition) is 3. The predicted octanol–water partition coefficient (Wildman–Crippen LogP) is 18.5. The topological polar surface area (TPSA) is 54.2 Å². The van der Waals surface area contributed by atoms with Crippen molar-refractivity contribution in [2.45, 2.75) is 93.9 Å². The summed E-state index contributed by atoms with van der Waals surface area (Å²) in [5, 5.41) is 0. The highest BCUT2D eigenvalue weighted by Gasteiger charge is 2.20. The molecule has 0 aliphatic carbocycles. The Kier molecular flexibility index (Phi) is 21.5. The van der Waals surface area contributed by atoms with Crippen molar-refractivity contribution < 1.29 is 18.3 Å². The number of nitrogens with zero attached hydrogens (tertiary/aromatic N) is 7. The van der Waals surface area contributed by atoms with Crippen molar-refractivity contribution in [1.82, 2.24) is 15.0 Å². The molecule has 0 saturated carbocycles. The van der Waals surface area contributed by atoms with Crippen LogP contribution in [-0.2, 0) is 28.2 Å². The summed E-state index contributed by atoms with van der Waals surface area (Å²) in [5.74, 6) is 3.57. The van der Waals surface area contributed by atoms with Gasteiger partial charge in [0.05, 0.1) is 5.56 Å². The van der Waals surface area contributed by atoms with Crippen LogP contribution in [0, 0.1) is 34.6 Å². The largest absolute Gasteiger partial charge is 0.217 e. The molecule has 0 aliphatic rings. The number of benzene rings is 7. The van der Waals surface area contributed by atoms with Crippen LogP contribution in [-0.4, -0.2) is 15.0 Å². The second-order valence-corrected chi connectivity index (χ2v) is 24.6. The maximum Gasteiger partial charge on any atom is 0.213 e. The lowest BCUT2D eigenvalue weighted by Gasteiger charge is -2.11. The Balaban J connectivity index is 0.000000143. The highest BCUT2D eigenvalue weighted by Crippen LogP contribution is 2.31. The fraction of sp³-hybridized carbons (Fsp3) is 0.217. The molecule has 12 rings (SSSR count). The number of hydrogen-bond donors (Lipinski definition) is 0. The molecule has 0 spiro atoms. The number of rotatable bonds is 11. The van der Waals surface area contributed by atoms with Gasteiger partial charge >= 0.3 is 0 Å². The number of aromatic nitrogens is 7. The van der Waals surface area contributed by atoms with Gasteiger partial charge in [0, 0.05) is 76.6 Å². The van der Waals surface area contributed by atoms with E-state index in [1.807, 2.05) is 0 Å². The molecule has 5 heterocycles. The summed E-state index contributed by atoms with van der Waals surface area (Å²) >= 11 is 0. The van der Waals surface area contributed by atoms with E-state index < -0.39 is 0 Å². The molecule has 0 atom stereocenters. The van der Waals surface area contributed by atoms with E-state index in [-0.39, 0.29) is 11.8 Å². The van der Waals surface area contributed by atoms with E-state index in [0.29, 0.717) is 5.92 Å². The van der Waals surface area contributed by atoms with Gasteiger partial charge in [-0.15, -0.1) is 0 Å². The summed E-state index contributed by atoms with van der Waals surface area (Å²) in [6.45, 7) is 23.7. The van der Waals surface area contributed by atoms with E-state index in [1.165, 1.54) is 112 Å². The van der Waals surface area contributed by atoms with Crippen molar-refractivity contribution >= 4 is 0 Å². The first-order chi connectivity index (χ1) is 43.3. The van der Waals surface area contributed by atoms with Gasteiger partial charge in [-0.05, 0) is 132 Å². The van der Waals surface area contributed by atoms with Crippen LogP contribution < -0.4 is 18.3 Å². The van der Waals surface area contributed by atoms with Crippen molar-refractivity contribution in [2.24, 2.45) is 28.2 Å². The van der Waals surface area contributed by atoms with Crippen LogP contribution in [0.25, 0.3) is 89.8 Å². The Labute approximate surface area is 536 Å². The molecule has 5 aromatic heterocycles. The smallest absolute Gasteiger partial charge is 0.213 e. The van der Waals surface area contributed by atoms with Crippen molar-refractivity contribution in [3.63, 3.8) is 0 Å². The number of pyridine rings is 4. The van der Waals surface area contributed by atoms with Gasteiger partial charge in [0.25, 0.3) is 0 Å². The van der Waals surface area contributed by atoms with Crippen molar-refractivity contribution in [3.05, 3.63) is 294 Å². The molecular formula is C83H89N7+4. The van der Waals surface area contributed by atoms with Crippen LogP contribution in [0.3, 0.4) is 0 Å². The van der Waals surface area contributed by atoms with Gasteiger partial charge in [-0.25, -0.2) is 33.2 Å². The lowest BCUT2D eigenvalue weighted by atomic mass is 9.97. The third kappa shape index (κ3) is 16.1. The fourth-order valence-electron chi connectivity index (χ4n) is 11.0. The standard InChI is InChI=1S/C22H27N4.C22H24N.C20H20N.C19H18N/c1-14(2)20-23-21(15(3)4)25-22(24-20)17-11-12-19(26(6)13-17)18-10-8-7-9-16(18)5;1-16(2)18-9-11-19(12-10-18)20-13-14-23(4)22(15-20)21-8-6-5-7-17(21)3;1-15-8-10-17(11-9-15)18-12-13-21(3)20(14-18)19-7-5-4-6-16(19)2;1-15-8-6-7-11-18(15)19-14-17(12-13-20(19)2)16-9-4-3-5-10-16/h7-15H,1-6H3;5-16H,1-4H3;4-14H,1-3H3;3-14H,1-2H3/q4*+1. The van der Waals surface area contributed by atoms with Gasteiger partial charge in [0.2, 0.25) is 22.8 Å². The van der Waals surface area contributed by atoms with Gasteiger partial charge < -0.3 is 0 Å². The van der Waals surface area contributed by atoms with Gasteiger partial charge in [-0.1, -0.05) is 199 Å². The highest BCUT2D eigenvalue weighted by molar-refractivity contribution is 5.73. The first-order valence-electron chi connectivity index (χ1n) is 31.5. The zero-order valence-electron chi connectivity index (χ0n) is 55.5. The van der Waals surface area contributed by atoms with Crippen LogP contribution in [0.2, 0.25) is 0 Å². The first kappa shape index (κ1) is 64.6. The summed E-state index contributed by atoms with van der Waals surface area (Å²) < 4.78 is 8.69. The Bertz CT molecular complexity index is 4340. The molecule has 0 aliphatic heterocycles. The number of aryl methyl sites for hydroxylation is 9. The van der Waals surface area contributed by atoms with E-state index in [1.54, 1.807) is 0 Å². The molecule has 452 valence electrons. The summed E-state index contributed by atoms with van der Waals surface area (Å²) in [6.07, 6.45) is 8.51. The minimum atomic E-state index is 0.272. The molecular weight excluding hydrogens is 1090 g/mol. The van der Waals surface area contributed by atoms with Crippen LogP contribution >= 0.6 is 0 Å². The van der Waals surface area contributed by atoms with E-state index in [9.17, 15) is 0 Å². The summed E-state index contributed by atoms with van der Waals surface area (Å²) in [4.78, 5) is 14.1. The zero-order chi connectivity index (χ0) is 64.0. The normalized spacial score (nSPS) is 10.9. The van der Waals surface area contributed by atoms with Gasteiger partial charge in [-0.2, -0.15) is 0 Å². The second-order valence-electron chi connectivity index (χ2n) is 24.6. The van der Waals surface area contributed by atoms with Crippen molar-refractivity contribution in [3.8, 4) is 89.8 Å². The Morgan fingerprint density at radius 2 is 0.611 bits per heavy atom. The van der Waals surface area contributed by atoms with Crippen LogP contribution in [0.5, 0.6) is 0 Å². The molecule has 0 bridgehead atoms. The molecule has 0 unspecified atom stereocenters. The van der Waals surface area contributed by atoms with Crippen LogP contribution in [0.15, 0.2) is 249 Å². The van der Waals surface area contributed by atoms with Gasteiger partial charge in [0.15, 0.2) is 30.6 Å². The monoisotopic (exact) mass is 1180 g/mol.